The van der Waals surface area contributed by atoms with Crippen molar-refractivity contribution in [3.05, 3.63) is 35.4 Å². The van der Waals surface area contributed by atoms with Gasteiger partial charge in [0.1, 0.15) is 0 Å². The van der Waals surface area contributed by atoms with Gasteiger partial charge in [-0.1, -0.05) is 26.0 Å². The molecular formula is C12H18F3N. The Bertz CT molecular complexity index is 277. The first kappa shape index (κ1) is 15.0. The van der Waals surface area contributed by atoms with E-state index < -0.39 is 11.7 Å². The van der Waals surface area contributed by atoms with Gasteiger partial charge in [0.25, 0.3) is 0 Å². The second-order valence-corrected chi connectivity index (χ2v) is 3.05. The fourth-order valence-corrected chi connectivity index (χ4v) is 1.13. The topological polar surface area (TPSA) is 12.0 Å². The molecule has 0 unspecified atom stereocenters. The Kier molecular flexibility index (Phi) is 6.81. The van der Waals surface area contributed by atoms with Crippen molar-refractivity contribution in [3.63, 3.8) is 0 Å². The zero-order chi connectivity index (χ0) is 12.6. The molecule has 1 rings (SSSR count). The first-order valence-electron chi connectivity index (χ1n) is 5.35. The van der Waals surface area contributed by atoms with Gasteiger partial charge < -0.3 is 5.32 Å². The summed E-state index contributed by atoms with van der Waals surface area (Å²) in [5.41, 5.74) is 0.318. The van der Waals surface area contributed by atoms with Gasteiger partial charge in [0.2, 0.25) is 0 Å². The molecule has 0 saturated heterocycles. The van der Waals surface area contributed by atoms with Crippen LogP contribution in [-0.2, 0) is 12.6 Å². The van der Waals surface area contributed by atoms with E-state index >= 15 is 0 Å². The van der Waals surface area contributed by atoms with Crippen LogP contribution in [0.15, 0.2) is 24.3 Å². The Morgan fingerprint density at radius 2 is 1.56 bits per heavy atom. The van der Waals surface area contributed by atoms with Crippen molar-refractivity contribution in [2.24, 2.45) is 0 Å². The molecule has 1 aromatic rings. The van der Waals surface area contributed by atoms with Crippen molar-refractivity contribution < 1.29 is 13.2 Å². The number of likely N-dealkylation sites (N-methyl/N-ethyl adjacent to an activating group) is 1. The Hall–Kier alpha value is -1.03. The third kappa shape index (κ3) is 5.16. The molecule has 4 heteroatoms. The Balaban J connectivity index is 0.00000106. The molecule has 0 aliphatic carbocycles. The summed E-state index contributed by atoms with van der Waals surface area (Å²) >= 11 is 0. The maximum atomic E-state index is 12.2. The van der Waals surface area contributed by atoms with Gasteiger partial charge in [-0.15, -0.1) is 0 Å². The van der Waals surface area contributed by atoms with E-state index in [1.165, 1.54) is 12.1 Å². The molecule has 0 aromatic heterocycles. The van der Waals surface area contributed by atoms with Crippen molar-refractivity contribution in [2.45, 2.75) is 26.4 Å². The molecule has 0 radical (unpaired) electrons. The predicted molar refractivity (Wildman–Crippen MR) is 60.4 cm³/mol. The largest absolute Gasteiger partial charge is 0.416 e. The first-order chi connectivity index (χ1) is 7.54. The average molecular weight is 233 g/mol. The van der Waals surface area contributed by atoms with Crippen molar-refractivity contribution in [2.75, 3.05) is 13.6 Å². The fraction of sp³-hybridized carbons (Fsp3) is 0.500. The van der Waals surface area contributed by atoms with Crippen LogP contribution in [0.2, 0.25) is 0 Å². The number of rotatable bonds is 3. The summed E-state index contributed by atoms with van der Waals surface area (Å²) in [7, 11) is 1.81. The van der Waals surface area contributed by atoms with Crippen LogP contribution in [-0.4, -0.2) is 13.6 Å². The Labute approximate surface area is 94.7 Å². The van der Waals surface area contributed by atoms with Crippen LogP contribution in [0.1, 0.15) is 25.0 Å². The Morgan fingerprint density at radius 3 is 1.94 bits per heavy atom. The van der Waals surface area contributed by atoms with Crippen LogP contribution < -0.4 is 5.32 Å². The minimum atomic E-state index is -4.23. The second-order valence-electron chi connectivity index (χ2n) is 3.05. The monoisotopic (exact) mass is 233 g/mol. The van der Waals surface area contributed by atoms with Gasteiger partial charge in [-0.3, -0.25) is 0 Å². The number of hydrogen-bond donors (Lipinski definition) is 1. The molecule has 16 heavy (non-hydrogen) atoms. The van der Waals surface area contributed by atoms with Crippen LogP contribution in [0.25, 0.3) is 0 Å². The second kappa shape index (κ2) is 7.28. The number of alkyl halides is 3. The van der Waals surface area contributed by atoms with E-state index in [-0.39, 0.29) is 0 Å². The zero-order valence-corrected chi connectivity index (χ0v) is 9.86. The van der Waals surface area contributed by atoms with Crippen LogP contribution in [0.4, 0.5) is 13.2 Å². The van der Waals surface area contributed by atoms with Gasteiger partial charge in [-0.2, -0.15) is 13.2 Å². The average Bonchev–Trinajstić information content (AvgIpc) is 2.28. The SMILES string of the molecule is CC.CNCCc1ccc(C(F)(F)F)cc1. The maximum Gasteiger partial charge on any atom is 0.416 e. The van der Waals surface area contributed by atoms with E-state index in [0.717, 1.165) is 30.7 Å². The van der Waals surface area contributed by atoms with Crippen LogP contribution in [0.5, 0.6) is 0 Å². The van der Waals surface area contributed by atoms with Crippen LogP contribution >= 0.6 is 0 Å². The molecule has 0 saturated carbocycles. The predicted octanol–water partition coefficient (Wildman–Crippen LogP) is 3.49. The third-order valence-electron chi connectivity index (χ3n) is 1.94. The van der Waals surface area contributed by atoms with E-state index in [9.17, 15) is 13.2 Å². The molecule has 0 spiro atoms. The van der Waals surface area contributed by atoms with Crippen molar-refractivity contribution in [1.29, 1.82) is 0 Å². The number of benzene rings is 1. The van der Waals surface area contributed by atoms with Gasteiger partial charge in [0, 0.05) is 0 Å². The standard InChI is InChI=1S/C10H12F3N.C2H6/c1-14-7-6-8-2-4-9(5-3-8)10(11,12)13;1-2/h2-5,14H,6-7H2,1H3;1-2H3. The molecule has 1 nitrogen and oxygen atoms in total. The summed E-state index contributed by atoms with van der Waals surface area (Å²) in [6, 6.07) is 5.26. The lowest BCUT2D eigenvalue weighted by atomic mass is 10.1. The number of hydrogen-bond acceptors (Lipinski definition) is 1. The summed E-state index contributed by atoms with van der Waals surface area (Å²) in [5.74, 6) is 0. The van der Waals surface area contributed by atoms with Crippen LogP contribution in [0, 0.1) is 0 Å². The van der Waals surface area contributed by atoms with E-state index in [2.05, 4.69) is 5.32 Å². The fourth-order valence-electron chi connectivity index (χ4n) is 1.13. The highest BCUT2D eigenvalue weighted by Crippen LogP contribution is 2.28. The van der Waals surface area contributed by atoms with Crippen molar-refractivity contribution >= 4 is 0 Å². The lowest BCUT2D eigenvalue weighted by Crippen LogP contribution is -2.10. The van der Waals surface area contributed by atoms with E-state index in [1.807, 2.05) is 20.9 Å². The molecule has 0 bridgehead atoms. The van der Waals surface area contributed by atoms with E-state index in [1.54, 1.807) is 0 Å². The quantitative estimate of drug-likeness (QED) is 0.842. The summed E-state index contributed by atoms with van der Waals surface area (Å²) in [4.78, 5) is 0. The molecule has 0 aliphatic rings. The smallest absolute Gasteiger partial charge is 0.319 e. The highest BCUT2D eigenvalue weighted by Gasteiger charge is 2.29. The lowest BCUT2D eigenvalue weighted by Gasteiger charge is -2.07. The molecular weight excluding hydrogens is 215 g/mol. The van der Waals surface area contributed by atoms with Gasteiger partial charge in [-0.05, 0) is 37.7 Å². The highest BCUT2D eigenvalue weighted by molar-refractivity contribution is 5.24. The van der Waals surface area contributed by atoms with Crippen molar-refractivity contribution in [3.8, 4) is 0 Å². The molecule has 0 atom stereocenters. The number of halogens is 3. The van der Waals surface area contributed by atoms with Gasteiger partial charge in [0.15, 0.2) is 0 Å². The molecule has 92 valence electrons. The molecule has 1 N–H and O–H groups in total. The summed E-state index contributed by atoms with van der Waals surface area (Å²) in [6.45, 7) is 4.77. The van der Waals surface area contributed by atoms with Gasteiger partial charge >= 0.3 is 6.18 Å². The minimum Gasteiger partial charge on any atom is -0.319 e. The molecule has 0 amide bonds. The zero-order valence-electron chi connectivity index (χ0n) is 9.86. The van der Waals surface area contributed by atoms with Crippen LogP contribution in [0.3, 0.4) is 0 Å². The number of nitrogens with one attached hydrogen (secondary N) is 1. The normalized spacial score (nSPS) is 10.6. The van der Waals surface area contributed by atoms with E-state index in [0.29, 0.717) is 0 Å². The first-order valence-corrected chi connectivity index (χ1v) is 5.35. The molecule has 0 aliphatic heterocycles. The lowest BCUT2D eigenvalue weighted by molar-refractivity contribution is -0.137. The summed E-state index contributed by atoms with van der Waals surface area (Å²) < 4.78 is 36.5. The molecule has 0 heterocycles. The highest BCUT2D eigenvalue weighted by atomic mass is 19.4. The van der Waals surface area contributed by atoms with E-state index in [4.69, 9.17) is 0 Å². The minimum absolute atomic E-state index is 0.592. The van der Waals surface area contributed by atoms with Gasteiger partial charge in [0.05, 0.1) is 5.56 Å². The molecule has 0 fully saturated rings. The Morgan fingerprint density at radius 1 is 1.06 bits per heavy atom. The van der Waals surface area contributed by atoms with Crippen molar-refractivity contribution in [1.82, 2.24) is 5.32 Å². The third-order valence-corrected chi connectivity index (χ3v) is 1.94. The summed E-state index contributed by atoms with van der Waals surface area (Å²) in [5, 5.41) is 2.94. The maximum absolute atomic E-state index is 12.2. The van der Waals surface area contributed by atoms with Gasteiger partial charge in [-0.25, -0.2) is 0 Å². The molecule has 1 aromatic carbocycles. The summed E-state index contributed by atoms with van der Waals surface area (Å²) in [6.07, 6.45) is -3.49.